The van der Waals surface area contributed by atoms with Crippen molar-refractivity contribution in [2.75, 3.05) is 16.3 Å². The summed E-state index contributed by atoms with van der Waals surface area (Å²) in [5.41, 5.74) is 6.02. The monoisotopic (exact) mass is 636 g/mol. The summed E-state index contributed by atoms with van der Waals surface area (Å²) in [5.74, 6) is -3.00. The molecule has 45 heavy (non-hydrogen) atoms. The van der Waals surface area contributed by atoms with Crippen molar-refractivity contribution in [3.05, 3.63) is 123 Å². The van der Waals surface area contributed by atoms with Gasteiger partial charge in [-0.15, -0.1) is 0 Å². The summed E-state index contributed by atoms with van der Waals surface area (Å²) in [6.45, 7) is 1.90. The summed E-state index contributed by atoms with van der Waals surface area (Å²) in [7, 11) is 0. The summed E-state index contributed by atoms with van der Waals surface area (Å²) in [4.78, 5) is 56.9. The molecule has 224 valence electrons. The van der Waals surface area contributed by atoms with Gasteiger partial charge in [-0.1, -0.05) is 77.8 Å². The molecule has 4 aromatic carbocycles. The minimum Gasteiger partial charge on any atom is -0.426 e. The van der Waals surface area contributed by atoms with Gasteiger partial charge in [0.2, 0.25) is 17.7 Å². The lowest BCUT2D eigenvalue weighted by atomic mass is 9.55. The molecule has 0 saturated carbocycles. The first kappa shape index (κ1) is 28.0. The average Bonchev–Trinajstić information content (AvgIpc) is 3.55. The molecule has 2 fully saturated rings. The van der Waals surface area contributed by atoms with Crippen molar-refractivity contribution >= 4 is 58.3 Å². The van der Waals surface area contributed by atoms with E-state index in [0.717, 1.165) is 22.3 Å². The number of rotatable bonds is 4. The average molecular weight is 638 g/mol. The molecule has 0 unspecified atom stereocenters. The third kappa shape index (κ3) is 4.10. The summed E-state index contributed by atoms with van der Waals surface area (Å²) in [6.07, 6.45) is -0.0224. The van der Waals surface area contributed by atoms with Crippen LogP contribution in [0.15, 0.2) is 84.9 Å². The Labute approximate surface area is 269 Å². The Morgan fingerprint density at radius 2 is 1.33 bits per heavy atom. The molecule has 2 heterocycles. The predicted octanol–water partition coefficient (Wildman–Crippen LogP) is 6.66. The number of imide groups is 1. The van der Waals surface area contributed by atoms with Crippen LogP contribution in [0.5, 0.6) is 5.75 Å². The van der Waals surface area contributed by atoms with Crippen molar-refractivity contribution in [2.24, 2.45) is 17.8 Å². The standard InChI is InChI=1S/C36H26Cl2N2O5/c1-18-15-20(45-36(44)19-16-28(41)39(17-19)27-12-6-11-25(37)33(27)38)13-14-26(18)40-34(42)31-29-21-7-2-3-8-22(21)30(32(31)35(40)43)24-10-5-4-9-23(24)29/h2-15,19,29-32H,16-17H2,1H3/t19-,29?,30?,31-,32+/m1/s1. The first-order valence-corrected chi connectivity index (χ1v) is 15.6. The zero-order chi connectivity index (χ0) is 31.1. The number of benzene rings is 4. The second kappa shape index (κ2) is 10.3. The Hall–Kier alpha value is -4.46. The highest BCUT2D eigenvalue weighted by atomic mass is 35.5. The van der Waals surface area contributed by atoms with Gasteiger partial charge in [-0.05, 0) is 65.1 Å². The fourth-order valence-corrected chi connectivity index (χ4v) is 8.25. The smallest absolute Gasteiger partial charge is 0.316 e. The molecule has 3 amide bonds. The maximum atomic E-state index is 14.1. The van der Waals surface area contributed by atoms with Crippen LogP contribution in [0.25, 0.3) is 0 Å². The number of halogens is 2. The molecule has 0 N–H and O–H groups in total. The van der Waals surface area contributed by atoms with Gasteiger partial charge in [0, 0.05) is 24.8 Å². The lowest BCUT2D eigenvalue weighted by Crippen LogP contribution is -2.41. The fourth-order valence-electron chi connectivity index (χ4n) is 7.86. The molecule has 2 bridgehead atoms. The van der Waals surface area contributed by atoms with Gasteiger partial charge >= 0.3 is 5.97 Å². The molecule has 9 rings (SSSR count). The number of hydrogen-bond acceptors (Lipinski definition) is 5. The zero-order valence-corrected chi connectivity index (χ0v) is 25.6. The Balaban J connectivity index is 1.04. The van der Waals surface area contributed by atoms with E-state index in [1.54, 1.807) is 43.3 Å². The maximum Gasteiger partial charge on any atom is 0.316 e. The normalized spacial score (nSPS) is 24.5. The number of anilines is 2. The molecule has 0 spiro atoms. The molecule has 2 saturated heterocycles. The molecule has 9 heteroatoms. The minimum atomic E-state index is -0.698. The second-order valence-electron chi connectivity index (χ2n) is 12.1. The van der Waals surface area contributed by atoms with Crippen molar-refractivity contribution < 1.29 is 23.9 Å². The van der Waals surface area contributed by atoms with Crippen LogP contribution in [-0.4, -0.2) is 30.2 Å². The highest BCUT2D eigenvalue weighted by molar-refractivity contribution is 6.44. The topological polar surface area (TPSA) is 84.0 Å². The van der Waals surface area contributed by atoms with Crippen LogP contribution < -0.4 is 14.5 Å². The van der Waals surface area contributed by atoms with Gasteiger partial charge in [-0.3, -0.25) is 19.2 Å². The van der Waals surface area contributed by atoms with Crippen LogP contribution in [0.3, 0.4) is 0 Å². The first-order chi connectivity index (χ1) is 21.7. The summed E-state index contributed by atoms with van der Waals surface area (Å²) in [6, 6.07) is 26.2. The van der Waals surface area contributed by atoms with Crippen molar-refractivity contribution in [3.63, 3.8) is 0 Å². The zero-order valence-electron chi connectivity index (χ0n) is 24.1. The summed E-state index contributed by atoms with van der Waals surface area (Å²) < 4.78 is 5.70. The number of amides is 3. The van der Waals surface area contributed by atoms with Crippen LogP contribution in [0.4, 0.5) is 11.4 Å². The summed E-state index contributed by atoms with van der Waals surface area (Å²) in [5, 5.41) is 0.568. The third-order valence-electron chi connectivity index (χ3n) is 9.76. The number of carbonyl (C=O) groups is 4. The van der Waals surface area contributed by atoms with E-state index in [2.05, 4.69) is 24.3 Å². The Bertz CT molecular complexity index is 1860. The van der Waals surface area contributed by atoms with Crippen LogP contribution in [0, 0.1) is 24.7 Å². The summed E-state index contributed by atoms with van der Waals surface area (Å²) >= 11 is 12.4. The van der Waals surface area contributed by atoms with Crippen molar-refractivity contribution in [1.29, 1.82) is 0 Å². The van der Waals surface area contributed by atoms with Gasteiger partial charge < -0.3 is 9.64 Å². The van der Waals surface area contributed by atoms with Gasteiger partial charge in [0.05, 0.1) is 39.2 Å². The molecule has 3 aliphatic carbocycles. The quantitative estimate of drug-likeness (QED) is 0.142. The lowest BCUT2D eigenvalue weighted by molar-refractivity contribution is -0.139. The molecule has 5 aliphatic rings. The van der Waals surface area contributed by atoms with Crippen LogP contribution in [-0.2, 0) is 19.2 Å². The highest BCUT2D eigenvalue weighted by Gasteiger charge is 2.61. The molecule has 2 aliphatic heterocycles. The van der Waals surface area contributed by atoms with E-state index >= 15 is 0 Å². The van der Waals surface area contributed by atoms with Gasteiger partial charge in [-0.25, -0.2) is 4.90 Å². The van der Waals surface area contributed by atoms with E-state index in [1.807, 2.05) is 24.3 Å². The number of esters is 1. The van der Waals surface area contributed by atoms with E-state index in [-0.39, 0.29) is 53.3 Å². The van der Waals surface area contributed by atoms with Crippen LogP contribution >= 0.6 is 23.2 Å². The van der Waals surface area contributed by atoms with E-state index < -0.39 is 23.7 Å². The van der Waals surface area contributed by atoms with E-state index in [1.165, 1.54) is 9.80 Å². The van der Waals surface area contributed by atoms with Gasteiger partial charge in [0.1, 0.15) is 5.75 Å². The minimum absolute atomic E-state index is 0.0224. The third-order valence-corrected chi connectivity index (χ3v) is 10.6. The largest absolute Gasteiger partial charge is 0.426 e. The van der Waals surface area contributed by atoms with Crippen molar-refractivity contribution in [2.45, 2.75) is 25.2 Å². The second-order valence-corrected chi connectivity index (χ2v) is 12.9. The molecule has 4 aromatic rings. The van der Waals surface area contributed by atoms with Gasteiger partial charge in [0.25, 0.3) is 0 Å². The van der Waals surface area contributed by atoms with E-state index in [0.29, 0.717) is 22.0 Å². The number of carbonyl (C=O) groups excluding carboxylic acids is 4. The lowest BCUT2D eigenvalue weighted by Gasteiger charge is -2.45. The fraction of sp³-hybridized carbons (Fsp3) is 0.222. The van der Waals surface area contributed by atoms with Gasteiger partial charge in [0.15, 0.2) is 0 Å². The predicted molar refractivity (Wildman–Crippen MR) is 170 cm³/mol. The number of hydrogen-bond donors (Lipinski definition) is 0. The van der Waals surface area contributed by atoms with E-state index in [4.69, 9.17) is 27.9 Å². The molecular formula is C36H26Cl2N2O5. The maximum absolute atomic E-state index is 14.1. The highest BCUT2D eigenvalue weighted by Crippen LogP contribution is 2.61. The molecular weight excluding hydrogens is 611 g/mol. The van der Waals surface area contributed by atoms with Crippen LogP contribution in [0.2, 0.25) is 10.0 Å². The van der Waals surface area contributed by atoms with Crippen LogP contribution in [0.1, 0.15) is 46.1 Å². The number of nitrogens with zero attached hydrogens (tertiary/aromatic N) is 2. The molecule has 3 atom stereocenters. The SMILES string of the molecule is Cc1cc(OC(=O)[C@@H]2CC(=O)N(c3cccc(Cl)c3Cl)C2)ccc1N1C(=O)[C@@H]2C3c4ccccc4C(c4ccccc43)[C@@H]2C1=O. The number of aryl methyl sites for hydroxylation is 1. The van der Waals surface area contributed by atoms with E-state index in [9.17, 15) is 19.2 Å². The molecule has 7 nitrogen and oxygen atoms in total. The molecule has 0 radical (unpaired) electrons. The molecule has 0 aromatic heterocycles. The Morgan fingerprint density at radius 1 is 0.756 bits per heavy atom. The van der Waals surface area contributed by atoms with Crippen molar-refractivity contribution in [3.8, 4) is 5.75 Å². The first-order valence-electron chi connectivity index (χ1n) is 14.9. The van der Waals surface area contributed by atoms with Gasteiger partial charge in [-0.2, -0.15) is 0 Å². The number of ether oxygens (including phenoxy) is 1. The Kier molecular flexibility index (Phi) is 6.41. The Morgan fingerprint density at radius 3 is 1.89 bits per heavy atom. The van der Waals surface area contributed by atoms with Crippen molar-refractivity contribution in [1.82, 2.24) is 0 Å².